The lowest BCUT2D eigenvalue weighted by molar-refractivity contribution is -0.184. The molecular weight excluding hydrogens is 164 g/mol. The summed E-state index contributed by atoms with van der Waals surface area (Å²) in [4.78, 5) is 0. The summed E-state index contributed by atoms with van der Waals surface area (Å²) < 4.78 is 5.04. The minimum atomic E-state index is -0.726. The van der Waals surface area contributed by atoms with Crippen LogP contribution in [-0.2, 0) is 10.3 Å². The normalized spacial score (nSPS) is 19.6. The summed E-state index contributed by atoms with van der Waals surface area (Å²) >= 11 is 0. The lowest BCUT2D eigenvalue weighted by atomic mass is 9.87. The molecule has 13 heavy (non-hydrogen) atoms. The van der Waals surface area contributed by atoms with Crippen molar-refractivity contribution in [2.24, 2.45) is 0 Å². The van der Waals surface area contributed by atoms with Crippen molar-refractivity contribution < 1.29 is 9.84 Å². The third kappa shape index (κ3) is 1.26. The summed E-state index contributed by atoms with van der Waals surface area (Å²) in [6.45, 7) is 4.96. The number of rotatable bonds is 1. The van der Waals surface area contributed by atoms with Crippen LogP contribution < -0.4 is 0 Å². The molecule has 0 atom stereocenters. The molecule has 0 spiro atoms. The first kappa shape index (κ1) is 8.73. The first-order valence-corrected chi connectivity index (χ1v) is 4.50. The summed E-state index contributed by atoms with van der Waals surface area (Å²) in [6.07, 6.45) is 0. The van der Waals surface area contributed by atoms with E-state index in [2.05, 4.69) is 13.0 Å². The minimum absolute atomic E-state index is 0.428. The Morgan fingerprint density at radius 2 is 2.00 bits per heavy atom. The van der Waals surface area contributed by atoms with Crippen molar-refractivity contribution in [3.05, 3.63) is 34.9 Å². The van der Waals surface area contributed by atoms with E-state index in [0.29, 0.717) is 13.2 Å². The Morgan fingerprint density at radius 1 is 1.31 bits per heavy atom. The summed E-state index contributed by atoms with van der Waals surface area (Å²) in [7, 11) is 0. The molecule has 1 fully saturated rings. The molecule has 1 N–H and O–H groups in total. The molecule has 1 aromatic rings. The van der Waals surface area contributed by atoms with Crippen LogP contribution in [-0.4, -0.2) is 18.3 Å². The molecule has 1 aliphatic heterocycles. The first-order chi connectivity index (χ1) is 6.13. The second-order valence-electron chi connectivity index (χ2n) is 3.77. The fourth-order valence-corrected chi connectivity index (χ4v) is 1.71. The van der Waals surface area contributed by atoms with Crippen molar-refractivity contribution in [2.45, 2.75) is 19.4 Å². The number of hydrogen-bond acceptors (Lipinski definition) is 2. The van der Waals surface area contributed by atoms with Crippen LogP contribution >= 0.6 is 0 Å². The van der Waals surface area contributed by atoms with E-state index in [1.807, 2.05) is 19.1 Å². The molecule has 0 saturated carbocycles. The van der Waals surface area contributed by atoms with Gasteiger partial charge in [-0.3, -0.25) is 0 Å². The van der Waals surface area contributed by atoms with Gasteiger partial charge in [-0.25, -0.2) is 0 Å². The maximum absolute atomic E-state index is 10.1. The Labute approximate surface area is 78.2 Å². The highest BCUT2D eigenvalue weighted by Gasteiger charge is 2.38. The van der Waals surface area contributed by atoms with Gasteiger partial charge in [0.05, 0.1) is 13.2 Å². The standard InChI is InChI=1S/C11H14O2/c1-8-4-3-5-10(9(8)2)11(12)6-13-7-11/h3-5,12H,6-7H2,1-2H3. The summed E-state index contributed by atoms with van der Waals surface area (Å²) in [5, 5.41) is 10.1. The van der Waals surface area contributed by atoms with Gasteiger partial charge in [-0.05, 0) is 30.5 Å². The van der Waals surface area contributed by atoms with Crippen LogP contribution in [0.4, 0.5) is 0 Å². The van der Waals surface area contributed by atoms with Crippen LogP contribution in [0.15, 0.2) is 18.2 Å². The zero-order valence-corrected chi connectivity index (χ0v) is 8.00. The second-order valence-corrected chi connectivity index (χ2v) is 3.77. The number of ether oxygens (including phenoxy) is 1. The van der Waals surface area contributed by atoms with E-state index in [4.69, 9.17) is 4.74 Å². The largest absolute Gasteiger partial charge is 0.380 e. The molecule has 2 heteroatoms. The van der Waals surface area contributed by atoms with Gasteiger partial charge in [-0.15, -0.1) is 0 Å². The molecule has 0 radical (unpaired) electrons. The van der Waals surface area contributed by atoms with Crippen molar-refractivity contribution >= 4 is 0 Å². The second kappa shape index (κ2) is 2.82. The summed E-state index contributed by atoms with van der Waals surface area (Å²) in [5.74, 6) is 0. The molecule has 1 aromatic carbocycles. The van der Waals surface area contributed by atoms with Crippen LogP contribution in [0.5, 0.6) is 0 Å². The highest BCUT2D eigenvalue weighted by molar-refractivity contribution is 5.38. The molecule has 0 amide bonds. The number of hydrogen-bond donors (Lipinski definition) is 1. The van der Waals surface area contributed by atoms with E-state index in [0.717, 1.165) is 5.56 Å². The van der Waals surface area contributed by atoms with E-state index in [9.17, 15) is 5.11 Å². The predicted molar refractivity (Wildman–Crippen MR) is 50.6 cm³/mol. The average Bonchev–Trinajstić information content (AvgIpc) is 2.06. The smallest absolute Gasteiger partial charge is 0.136 e. The average molecular weight is 178 g/mol. The maximum Gasteiger partial charge on any atom is 0.136 e. The lowest BCUT2D eigenvalue weighted by Crippen LogP contribution is -2.47. The quantitative estimate of drug-likeness (QED) is 0.706. The molecule has 70 valence electrons. The van der Waals surface area contributed by atoms with E-state index >= 15 is 0 Å². The van der Waals surface area contributed by atoms with Crippen molar-refractivity contribution in [3.63, 3.8) is 0 Å². The highest BCUT2D eigenvalue weighted by Crippen LogP contribution is 2.32. The molecule has 0 aromatic heterocycles. The molecule has 2 nitrogen and oxygen atoms in total. The fourth-order valence-electron chi connectivity index (χ4n) is 1.71. The molecule has 0 unspecified atom stereocenters. The van der Waals surface area contributed by atoms with Gasteiger partial charge in [0.15, 0.2) is 0 Å². The van der Waals surface area contributed by atoms with Crippen molar-refractivity contribution in [1.82, 2.24) is 0 Å². The highest BCUT2D eigenvalue weighted by atomic mass is 16.5. The first-order valence-electron chi connectivity index (χ1n) is 4.50. The molecule has 1 saturated heterocycles. The van der Waals surface area contributed by atoms with E-state index in [1.165, 1.54) is 11.1 Å². The molecule has 0 aliphatic carbocycles. The lowest BCUT2D eigenvalue weighted by Gasteiger charge is -2.38. The molecule has 1 heterocycles. The monoisotopic (exact) mass is 178 g/mol. The predicted octanol–water partition coefficient (Wildman–Crippen LogP) is 1.52. The van der Waals surface area contributed by atoms with Gasteiger partial charge in [-0.1, -0.05) is 18.2 Å². The van der Waals surface area contributed by atoms with Crippen LogP contribution in [0.1, 0.15) is 16.7 Å². The Hall–Kier alpha value is -0.860. The van der Waals surface area contributed by atoms with Gasteiger partial charge >= 0.3 is 0 Å². The van der Waals surface area contributed by atoms with Crippen molar-refractivity contribution in [2.75, 3.05) is 13.2 Å². The van der Waals surface area contributed by atoms with Crippen LogP contribution in [0.2, 0.25) is 0 Å². The molecular formula is C11H14O2. The van der Waals surface area contributed by atoms with E-state index in [-0.39, 0.29) is 0 Å². The van der Waals surface area contributed by atoms with Crippen LogP contribution in [0.3, 0.4) is 0 Å². The number of aryl methyl sites for hydroxylation is 1. The van der Waals surface area contributed by atoms with Crippen LogP contribution in [0, 0.1) is 13.8 Å². The zero-order valence-electron chi connectivity index (χ0n) is 8.00. The zero-order chi connectivity index (χ0) is 9.47. The Morgan fingerprint density at radius 3 is 2.54 bits per heavy atom. The SMILES string of the molecule is Cc1cccc(C2(O)COC2)c1C. The fraction of sp³-hybridized carbons (Fsp3) is 0.455. The Bertz CT molecular complexity index is 327. The third-order valence-corrected chi connectivity index (χ3v) is 2.79. The van der Waals surface area contributed by atoms with Gasteiger partial charge in [0, 0.05) is 0 Å². The summed E-state index contributed by atoms with van der Waals surface area (Å²) in [5.41, 5.74) is 2.68. The van der Waals surface area contributed by atoms with Gasteiger partial charge in [0.2, 0.25) is 0 Å². The van der Waals surface area contributed by atoms with Gasteiger partial charge < -0.3 is 9.84 Å². The van der Waals surface area contributed by atoms with Gasteiger partial charge in [0.1, 0.15) is 5.60 Å². The minimum Gasteiger partial charge on any atom is -0.380 e. The van der Waals surface area contributed by atoms with E-state index in [1.54, 1.807) is 0 Å². The topological polar surface area (TPSA) is 29.5 Å². The molecule has 2 rings (SSSR count). The maximum atomic E-state index is 10.1. The third-order valence-electron chi connectivity index (χ3n) is 2.79. The Kier molecular flexibility index (Phi) is 1.90. The molecule has 0 bridgehead atoms. The van der Waals surface area contributed by atoms with E-state index < -0.39 is 5.60 Å². The number of benzene rings is 1. The van der Waals surface area contributed by atoms with Crippen LogP contribution in [0.25, 0.3) is 0 Å². The van der Waals surface area contributed by atoms with Gasteiger partial charge in [-0.2, -0.15) is 0 Å². The summed E-state index contributed by atoms with van der Waals surface area (Å²) in [6, 6.07) is 6.01. The van der Waals surface area contributed by atoms with Crippen molar-refractivity contribution in [1.29, 1.82) is 0 Å². The number of aliphatic hydroxyl groups is 1. The van der Waals surface area contributed by atoms with Gasteiger partial charge in [0.25, 0.3) is 0 Å². The Balaban J connectivity index is 2.45. The molecule has 1 aliphatic rings. The van der Waals surface area contributed by atoms with Crippen molar-refractivity contribution in [3.8, 4) is 0 Å².